The van der Waals surface area contributed by atoms with Gasteiger partial charge in [-0.1, -0.05) is 6.92 Å². The highest BCUT2D eigenvalue weighted by Gasteiger charge is 2.25. The van der Waals surface area contributed by atoms with Crippen LogP contribution in [-0.2, 0) is 9.53 Å². The molecule has 1 aromatic rings. The van der Waals surface area contributed by atoms with Crippen molar-refractivity contribution in [2.45, 2.75) is 32.6 Å². The number of nitrogens with zero attached hydrogens (tertiary/aromatic N) is 3. The third-order valence-electron chi connectivity index (χ3n) is 5.19. The highest BCUT2D eigenvalue weighted by Crippen LogP contribution is 2.31. The van der Waals surface area contributed by atoms with Gasteiger partial charge >= 0.3 is 5.97 Å². The molecular weight excluding hydrogens is 350 g/mol. The number of piperidine rings is 1. The predicted molar refractivity (Wildman–Crippen MR) is 99.8 cm³/mol. The number of benzene rings is 1. The molecule has 146 valence electrons. The van der Waals surface area contributed by atoms with E-state index in [1.54, 1.807) is 11.0 Å². The molecule has 1 unspecified atom stereocenters. The second-order valence-corrected chi connectivity index (χ2v) is 7.32. The van der Waals surface area contributed by atoms with E-state index in [0.717, 1.165) is 38.8 Å². The number of carbonyl (C=O) groups is 2. The van der Waals surface area contributed by atoms with Crippen molar-refractivity contribution >= 4 is 23.3 Å². The van der Waals surface area contributed by atoms with Crippen molar-refractivity contribution in [1.29, 1.82) is 0 Å². The van der Waals surface area contributed by atoms with Crippen LogP contribution in [-0.4, -0.2) is 54.5 Å². The summed E-state index contributed by atoms with van der Waals surface area (Å²) in [5.74, 6) is -0.498. The van der Waals surface area contributed by atoms with Gasteiger partial charge in [-0.05, 0) is 43.7 Å². The first-order valence-corrected chi connectivity index (χ1v) is 9.44. The van der Waals surface area contributed by atoms with Gasteiger partial charge in [-0.15, -0.1) is 0 Å². The summed E-state index contributed by atoms with van der Waals surface area (Å²) >= 11 is 0. The molecule has 2 aliphatic heterocycles. The molecule has 2 heterocycles. The Bertz CT molecular complexity index is 730. The van der Waals surface area contributed by atoms with Crippen LogP contribution in [0.25, 0.3) is 0 Å². The Morgan fingerprint density at radius 2 is 1.96 bits per heavy atom. The lowest BCUT2D eigenvalue weighted by Gasteiger charge is -2.30. The molecule has 0 spiro atoms. The average molecular weight is 375 g/mol. The highest BCUT2D eigenvalue weighted by atomic mass is 16.6. The van der Waals surface area contributed by atoms with E-state index >= 15 is 0 Å². The van der Waals surface area contributed by atoms with Crippen LogP contribution in [0, 0.1) is 16.0 Å². The van der Waals surface area contributed by atoms with E-state index in [1.807, 2.05) is 4.90 Å². The molecule has 3 rings (SSSR count). The zero-order valence-electron chi connectivity index (χ0n) is 15.6. The first kappa shape index (κ1) is 19.1. The Labute approximate surface area is 158 Å². The summed E-state index contributed by atoms with van der Waals surface area (Å²) in [6.07, 6.45) is 4.04. The van der Waals surface area contributed by atoms with E-state index in [1.165, 1.54) is 12.1 Å². The fourth-order valence-corrected chi connectivity index (χ4v) is 3.74. The van der Waals surface area contributed by atoms with Crippen molar-refractivity contribution in [3.05, 3.63) is 33.9 Å². The van der Waals surface area contributed by atoms with Gasteiger partial charge in [0.1, 0.15) is 5.69 Å². The van der Waals surface area contributed by atoms with E-state index < -0.39 is 10.9 Å². The molecule has 0 aromatic heterocycles. The molecule has 2 aliphatic rings. The van der Waals surface area contributed by atoms with Crippen molar-refractivity contribution in [1.82, 2.24) is 4.90 Å². The van der Waals surface area contributed by atoms with Gasteiger partial charge in [-0.2, -0.15) is 0 Å². The minimum atomic E-state index is -0.718. The Balaban J connectivity index is 1.64. The molecule has 8 heteroatoms. The average Bonchev–Trinajstić information content (AvgIpc) is 3.19. The molecule has 0 aliphatic carbocycles. The van der Waals surface area contributed by atoms with Crippen LogP contribution in [0.3, 0.4) is 0 Å². The van der Waals surface area contributed by atoms with Crippen LogP contribution < -0.4 is 4.90 Å². The molecule has 0 N–H and O–H groups in total. The second kappa shape index (κ2) is 8.37. The van der Waals surface area contributed by atoms with E-state index in [2.05, 4.69) is 6.92 Å². The fraction of sp³-hybridized carbons (Fsp3) is 0.579. The van der Waals surface area contributed by atoms with Gasteiger partial charge < -0.3 is 14.5 Å². The van der Waals surface area contributed by atoms with E-state index in [4.69, 9.17) is 4.74 Å². The summed E-state index contributed by atoms with van der Waals surface area (Å²) in [5, 5.41) is 11.4. The van der Waals surface area contributed by atoms with Crippen LogP contribution in [0.1, 0.15) is 43.0 Å². The summed E-state index contributed by atoms with van der Waals surface area (Å²) in [6, 6.07) is 4.36. The number of hydrogen-bond donors (Lipinski definition) is 0. The SMILES string of the molecule is CC1CCCN(C(=O)COC(=O)c2ccc(N3CCCC3)c([N+](=O)[O-])c2)C1. The summed E-state index contributed by atoms with van der Waals surface area (Å²) in [6.45, 7) is 4.64. The van der Waals surface area contributed by atoms with Gasteiger partial charge in [0.25, 0.3) is 11.6 Å². The molecule has 8 nitrogen and oxygen atoms in total. The number of rotatable bonds is 5. The van der Waals surface area contributed by atoms with E-state index in [-0.39, 0.29) is 23.8 Å². The largest absolute Gasteiger partial charge is 0.452 e. The maximum atomic E-state index is 12.3. The molecule has 0 bridgehead atoms. The monoisotopic (exact) mass is 375 g/mol. The Hall–Kier alpha value is -2.64. The number of nitro groups is 1. The third-order valence-corrected chi connectivity index (χ3v) is 5.19. The first-order chi connectivity index (χ1) is 13.0. The minimum Gasteiger partial charge on any atom is -0.452 e. The number of esters is 1. The van der Waals surface area contributed by atoms with Crippen LogP contribution >= 0.6 is 0 Å². The summed E-state index contributed by atoms with van der Waals surface area (Å²) in [4.78, 5) is 39.1. The maximum Gasteiger partial charge on any atom is 0.338 e. The predicted octanol–water partition coefficient (Wildman–Crippen LogP) is 2.61. The zero-order chi connectivity index (χ0) is 19.4. The van der Waals surface area contributed by atoms with E-state index in [0.29, 0.717) is 24.7 Å². The van der Waals surface area contributed by atoms with Crippen molar-refractivity contribution in [2.75, 3.05) is 37.7 Å². The number of ether oxygens (including phenoxy) is 1. The lowest BCUT2D eigenvalue weighted by atomic mass is 10.0. The third kappa shape index (κ3) is 4.56. The topological polar surface area (TPSA) is 93.0 Å². The molecule has 2 fully saturated rings. The summed E-state index contributed by atoms with van der Waals surface area (Å²) in [5.41, 5.74) is 0.499. The van der Waals surface area contributed by atoms with Crippen molar-refractivity contribution in [3.8, 4) is 0 Å². The van der Waals surface area contributed by atoms with Gasteiger partial charge in [-0.3, -0.25) is 14.9 Å². The van der Waals surface area contributed by atoms with Crippen LogP contribution in [0.5, 0.6) is 0 Å². The normalized spacial score (nSPS) is 19.8. The lowest BCUT2D eigenvalue weighted by molar-refractivity contribution is -0.384. The van der Waals surface area contributed by atoms with Gasteiger partial charge in [0.2, 0.25) is 0 Å². The van der Waals surface area contributed by atoms with E-state index in [9.17, 15) is 19.7 Å². The van der Waals surface area contributed by atoms with Gasteiger partial charge in [0.15, 0.2) is 6.61 Å². The number of hydrogen-bond acceptors (Lipinski definition) is 6. The Morgan fingerprint density at radius 3 is 2.63 bits per heavy atom. The number of likely N-dealkylation sites (tertiary alicyclic amines) is 1. The Kier molecular flexibility index (Phi) is 5.93. The standard InChI is InChI=1S/C19H25N3O5/c1-14-5-4-10-21(12-14)18(23)13-27-19(24)15-6-7-16(17(11-15)22(25)26)20-8-2-3-9-20/h6-7,11,14H,2-5,8-10,12-13H2,1H3. The molecule has 0 radical (unpaired) electrons. The Morgan fingerprint density at radius 1 is 1.22 bits per heavy atom. The quantitative estimate of drug-likeness (QED) is 0.446. The van der Waals surface area contributed by atoms with Gasteiger partial charge in [0, 0.05) is 32.2 Å². The number of carbonyl (C=O) groups excluding carboxylic acids is 2. The molecular formula is C19H25N3O5. The first-order valence-electron chi connectivity index (χ1n) is 9.44. The van der Waals surface area contributed by atoms with Crippen molar-refractivity contribution < 1.29 is 19.2 Å². The zero-order valence-corrected chi connectivity index (χ0v) is 15.6. The molecule has 1 aromatic carbocycles. The maximum absolute atomic E-state index is 12.3. The number of anilines is 1. The number of nitro benzene ring substituents is 1. The molecule has 2 saturated heterocycles. The van der Waals surface area contributed by atoms with Crippen LogP contribution in [0.2, 0.25) is 0 Å². The van der Waals surface area contributed by atoms with Crippen LogP contribution in [0.4, 0.5) is 11.4 Å². The minimum absolute atomic E-state index is 0.0875. The molecule has 1 atom stereocenters. The van der Waals surface area contributed by atoms with Crippen LogP contribution in [0.15, 0.2) is 18.2 Å². The fourth-order valence-electron chi connectivity index (χ4n) is 3.74. The smallest absolute Gasteiger partial charge is 0.338 e. The van der Waals surface area contributed by atoms with Crippen molar-refractivity contribution in [3.63, 3.8) is 0 Å². The second-order valence-electron chi connectivity index (χ2n) is 7.32. The van der Waals surface area contributed by atoms with Crippen molar-refractivity contribution in [2.24, 2.45) is 5.92 Å². The summed E-state index contributed by atoms with van der Waals surface area (Å²) in [7, 11) is 0. The summed E-state index contributed by atoms with van der Waals surface area (Å²) < 4.78 is 5.11. The highest BCUT2D eigenvalue weighted by molar-refractivity contribution is 5.93. The molecule has 1 amide bonds. The lowest BCUT2D eigenvalue weighted by Crippen LogP contribution is -2.41. The van der Waals surface area contributed by atoms with Gasteiger partial charge in [0.05, 0.1) is 10.5 Å². The number of amides is 1. The molecule has 0 saturated carbocycles. The molecule has 27 heavy (non-hydrogen) atoms. The van der Waals surface area contributed by atoms with Gasteiger partial charge in [-0.25, -0.2) is 4.79 Å².